The average molecular weight is 384 g/mol. The van der Waals surface area contributed by atoms with Crippen molar-refractivity contribution in [3.05, 3.63) is 29.3 Å². The number of nitriles is 1. The minimum absolute atomic E-state index is 0.0438. The Morgan fingerprint density at radius 3 is 2.65 bits per heavy atom. The molecule has 26 heavy (non-hydrogen) atoms. The maximum Gasteiger partial charge on any atom is 0.417 e. The zero-order valence-corrected chi connectivity index (χ0v) is 14.6. The summed E-state index contributed by atoms with van der Waals surface area (Å²) in [7, 11) is -4.00. The number of halogens is 3. The van der Waals surface area contributed by atoms with Gasteiger partial charge in [-0.05, 0) is 37.5 Å². The molecule has 0 aromatic heterocycles. The van der Waals surface area contributed by atoms with E-state index in [4.69, 9.17) is 5.26 Å². The highest BCUT2D eigenvalue weighted by atomic mass is 32.2. The highest BCUT2D eigenvalue weighted by Gasteiger charge is 2.70. The van der Waals surface area contributed by atoms with E-state index in [0.717, 1.165) is 10.4 Å². The predicted octanol–water partition coefficient (Wildman–Crippen LogP) is 2.71. The van der Waals surface area contributed by atoms with Gasteiger partial charge in [0.1, 0.15) is 10.5 Å². The molecule has 1 saturated heterocycles. The number of hydrogen-bond acceptors (Lipinski definition) is 4. The smallest absolute Gasteiger partial charge is 0.299 e. The summed E-state index contributed by atoms with van der Waals surface area (Å²) in [6, 6.07) is 4.41. The number of hydrogen-bond donors (Lipinski definition) is 0. The molecule has 1 aromatic rings. The van der Waals surface area contributed by atoms with E-state index >= 15 is 0 Å². The molecule has 0 unspecified atom stereocenters. The van der Waals surface area contributed by atoms with Crippen LogP contribution in [0.25, 0.3) is 0 Å². The molecular formula is C17H15F3N2O3S. The van der Waals surface area contributed by atoms with Crippen molar-refractivity contribution in [1.82, 2.24) is 0 Å². The monoisotopic (exact) mass is 384 g/mol. The molecule has 138 valence electrons. The normalized spacial score (nSPS) is 34.8. The Hall–Kier alpha value is -2.08. The van der Waals surface area contributed by atoms with Gasteiger partial charge in [-0.2, -0.15) is 18.4 Å². The molecule has 9 heteroatoms. The fraction of sp³-hybridized carbons (Fsp3) is 0.529. The third kappa shape index (κ3) is 1.96. The zero-order valence-electron chi connectivity index (χ0n) is 13.7. The van der Waals surface area contributed by atoms with Gasteiger partial charge in [0, 0.05) is 24.8 Å². The molecule has 1 aromatic carbocycles. The van der Waals surface area contributed by atoms with Crippen LogP contribution in [0.4, 0.5) is 18.9 Å². The van der Waals surface area contributed by atoms with Crippen molar-refractivity contribution in [3.63, 3.8) is 0 Å². The summed E-state index contributed by atoms with van der Waals surface area (Å²) >= 11 is 0. The SMILES string of the molecule is C[C@@]12[C@H]3C[C@H](CC3=O)[C@@H]1CN(c1ccc(C#N)c(C(F)(F)F)c1)S2(=O)=O. The van der Waals surface area contributed by atoms with Crippen molar-refractivity contribution in [3.8, 4) is 6.07 Å². The molecule has 2 saturated carbocycles. The van der Waals surface area contributed by atoms with Crippen LogP contribution in [0.15, 0.2) is 18.2 Å². The lowest BCUT2D eigenvalue weighted by molar-refractivity contribution is -0.137. The number of fused-ring (bicyclic) bond motifs is 5. The van der Waals surface area contributed by atoms with Crippen LogP contribution in [-0.4, -0.2) is 25.5 Å². The Balaban J connectivity index is 1.82. The van der Waals surface area contributed by atoms with Crippen LogP contribution in [0.1, 0.15) is 30.9 Å². The fourth-order valence-electron chi connectivity index (χ4n) is 4.98. The summed E-state index contributed by atoms with van der Waals surface area (Å²) in [4.78, 5) is 12.1. The van der Waals surface area contributed by atoms with Gasteiger partial charge >= 0.3 is 6.18 Å². The van der Waals surface area contributed by atoms with Gasteiger partial charge in [-0.1, -0.05) is 0 Å². The summed E-state index contributed by atoms with van der Waals surface area (Å²) < 4.78 is 65.7. The number of carbonyl (C=O) groups is 1. The second-order valence-electron chi connectivity index (χ2n) is 7.38. The molecule has 1 heterocycles. The lowest BCUT2D eigenvalue weighted by atomic mass is 9.79. The topological polar surface area (TPSA) is 78.2 Å². The first kappa shape index (κ1) is 17.3. The van der Waals surface area contributed by atoms with E-state index in [1.54, 1.807) is 6.92 Å². The van der Waals surface area contributed by atoms with Crippen molar-refractivity contribution in [2.45, 2.75) is 30.7 Å². The number of carbonyl (C=O) groups excluding carboxylic acids is 1. The third-order valence-corrected chi connectivity index (χ3v) is 8.95. The van der Waals surface area contributed by atoms with Gasteiger partial charge in [-0.25, -0.2) is 8.42 Å². The van der Waals surface area contributed by atoms with Crippen LogP contribution in [0.2, 0.25) is 0 Å². The van der Waals surface area contributed by atoms with Crippen LogP contribution >= 0.6 is 0 Å². The van der Waals surface area contributed by atoms with E-state index in [1.807, 2.05) is 0 Å². The second-order valence-corrected chi connectivity index (χ2v) is 9.66. The Morgan fingerprint density at radius 2 is 2.04 bits per heavy atom. The Morgan fingerprint density at radius 1 is 1.35 bits per heavy atom. The lowest BCUT2D eigenvalue weighted by Gasteiger charge is -2.32. The molecule has 4 atom stereocenters. The number of rotatable bonds is 1. The second kappa shape index (κ2) is 5.00. The summed E-state index contributed by atoms with van der Waals surface area (Å²) in [6.45, 7) is 1.61. The molecule has 3 fully saturated rings. The maximum atomic E-state index is 13.2. The highest BCUT2D eigenvalue weighted by molar-refractivity contribution is 7.94. The van der Waals surface area contributed by atoms with Crippen LogP contribution in [-0.2, 0) is 21.0 Å². The van der Waals surface area contributed by atoms with E-state index in [9.17, 15) is 26.4 Å². The highest BCUT2D eigenvalue weighted by Crippen LogP contribution is 2.61. The molecule has 0 amide bonds. The molecule has 5 nitrogen and oxygen atoms in total. The molecule has 2 bridgehead atoms. The standard InChI is InChI=1S/C17H15F3N2O3S/c1-16-13-4-10(5-15(13)23)14(16)8-22(26(16,24)25)11-3-2-9(7-21)12(6-11)17(18,19)20/h2-3,6,10,13-14H,4-5,8H2,1H3/t10-,13+,14+,16-/m1/s1. The number of benzene rings is 1. The number of alkyl halides is 3. The zero-order chi connectivity index (χ0) is 19.1. The van der Waals surface area contributed by atoms with E-state index < -0.39 is 38.0 Å². The molecule has 2 aliphatic carbocycles. The molecule has 0 spiro atoms. The average Bonchev–Trinajstić information content (AvgIpc) is 3.13. The molecule has 0 radical (unpaired) electrons. The third-order valence-electron chi connectivity index (χ3n) is 6.31. The van der Waals surface area contributed by atoms with E-state index in [0.29, 0.717) is 18.9 Å². The molecule has 4 rings (SSSR count). The first-order chi connectivity index (χ1) is 12.0. The van der Waals surface area contributed by atoms with Gasteiger partial charge in [-0.3, -0.25) is 9.10 Å². The molecule has 1 aliphatic heterocycles. The van der Waals surface area contributed by atoms with Gasteiger partial charge in [-0.15, -0.1) is 0 Å². The number of anilines is 1. The van der Waals surface area contributed by atoms with Crippen LogP contribution < -0.4 is 4.31 Å². The quantitative estimate of drug-likeness (QED) is 0.746. The Bertz CT molecular complexity index is 966. The van der Waals surface area contributed by atoms with E-state index in [-0.39, 0.29) is 29.9 Å². The van der Waals surface area contributed by atoms with Crippen molar-refractivity contribution in [2.75, 3.05) is 10.8 Å². The largest absolute Gasteiger partial charge is 0.417 e. The van der Waals surface area contributed by atoms with E-state index in [1.165, 1.54) is 12.1 Å². The van der Waals surface area contributed by atoms with Gasteiger partial charge in [0.15, 0.2) is 0 Å². The minimum atomic E-state index is -4.76. The summed E-state index contributed by atoms with van der Waals surface area (Å²) in [6.07, 6.45) is -3.89. The fourth-order valence-corrected chi connectivity index (χ4v) is 7.44. The van der Waals surface area contributed by atoms with Gasteiger partial charge in [0.2, 0.25) is 10.0 Å². The van der Waals surface area contributed by atoms with Crippen molar-refractivity contribution in [1.29, 1.82) is 5.26 Å². The van der Waals surface area contributed by atoms with Crippen molar-refractivity contribution in [2.24, 2.45) is 17.8 Å². The summed E-state index contributed by atoms with van der Waals surface area (Å²) in [5, 5.41) is 8.90. The van der Waals surface area contributed by atoms with Crippen molar-refractivity contribution < 1.29 is 26.4 Å². The summed E-state index contributed by atoms with van der Waals surface area (Å²) in [5.41, 5.74) is -1.83. The van der Waals surface area contributed by atoms with Gasteiger partial charge < -0.3 is 0 Å². The minimum Gasteiger partial charge on any atom is -0.299 e. The molecule has 3 aliphatic rings. The number of ketones is 1. The Labute approximate surface area is 148 Å². The molecular weight excluding hydrogens is 369 g/mol. The number of sulfonamides is 1. The van der Waals surface area contributed by atoms with Crippen LogP contribution in [0.5, 0.6) is 0 Å². The van der Waals surface area contributed by atoms with Crippen LogP contribution in [0.3, 0.4) is 0 Å². The summed E-state index contributed by atoms with van der Waals surface area (Å²) in [5.74, 6) is -0.985. The van der Waals surface area contributed by atoms with E-state index in [2.05, 4.69) is 0 Å². The lowest BCUT2D eigenvalue weighted by Crippen LogP contribution is -2.47. The molecule has 0 N–H and O–H groups in total. The van der Waals surface area contributed by atoms with Crippen LogP contribution in [0, 0.1) is 29.1 Å². The first-order valence-corrected chi connectivity index (χ1v) is 9.62. The number of Topliss-reactive ketones (excluding diaryl/α,β-unsaturated/α-hetero) is 1. The Kier molecular flexibility index (Phi) is 3.34. The number of nitrogens with zero attached hydrogens (tertiary/aromatic N) is 2. The predicted molar refractivity (Wildman–Crippen MR) is 85.5 cm³/mol. The first-order valence-electron chi connectivity index (χ1n) is 8.18. The van der Waals surface area contributed by atoms with Gasteiger partial charge in [0.25, 0.3) is 0 Å². The van der Waals surface area contributed by atoms with Gasteiger partial charge in [0.05, 0.1) is 22.9 Å². The maximum absolute atomic E-state index is 13.2. The van der Waals surface area contributed by atoms with Crippen molar-refractivity contribution >= 4 is 21.5 Å².